The molecule has 0 saturated carbocycles. The summed E-state index contributed by atoms with van der Waals surface area (Å²) in [5.41, 5.74) is -0.478. The Morgan fingerprint density at radius 3 is 2.60 bits per heavy atom. The van der Waals surface area contributed by atoms with Crippen molar-refractivity contribution in [3.05, 3.63) is 0 Å². The second-order valence-corrected chi connectivity index (χ2v) is 11.0. The third-order valence-corrected chi connectivity index (χ3v) is 7.01. The fraction of sp³-hybridized carbons (Fsp3) is 0.889. The molecule has 7 heteroatoms. The highest BCUT2D eigenvalue weighted by Crippen LogP contribution is 2.49. The zero-order valence-electron chi connectivity index (χ0n) is 15.9. The molecule has 1 amide bonds. The Bertz CT molecular complexity index is 550. The monoisotopic (exact) mass is 370 g/mol. The highest BCUT2D eigenvalue weighted by molar-refractivity contribution is 7.91. The lowest BCUT2D eigenvalue weighted by atomic mass is 9.68. The molecule has 0 radical (unpaired) electrons. The predicted octanol–water partition coefficient (Wildman–Crippen LogP) is 2.94. The summed E-state index contributed by atoms with van der Waals surface area (Å²) in [5, 5.41) is 0. The SMILES string of the molecule is CC(C)(C)OC(=O)N1CCC2(CC1)CO[C@H]1CC(C)(C)[S+]([O-])N=C[C@H]12. The van der Waals surface area contributed by atoms with Crippen LogP contribution in [0.2, 0.25) is 0 Å². The zero-order chi connectivity index (χ0) is 18.5. The number of hydrogen-bond acceptors (Lipinski definition) is 5. The standard InChI is InChI=1S/C18H30N2O4S/c1-16(2,3)24-15(21)20-8-6-18(7-9-20)12-23-14-10-17(4,5)25(22)19-11-13(14)18/h11,13-14H,6-10,12H2,1-5H3/t13-,14+,25?/m1/s1. The molecule has 3 heterocycles. The van der Waals surface area contributed by atoms with E-state index in [0.29, 0.717) is 19.7 Å². The van der Waals surface area contributed by atoms with Crippen molar-refractivity contribution in [3.8, 4) is 0 Å². The maximum atomic E-state index is 12.3. The minimum Gasteiger partial charge on any atom is -0.591 e. The van der Waals surface area contributed by atoms with Crippen LogP contribution in [-0.2, 0) is 20.8 Å². The van der Waals surface area contributed by atoms with Gasteiger partial charge in [0.2, 0.25) is 0 Å². The molecule has 0 aromatic rings. The number of nitrogens with zero attached hydrogens (tertiary/aromatic N) is 2. The first kappa shape index (κ1) is 19.0. The molecule has 1 unspecified atom stereocenters. The van der Waals surface area contributed by atoms with Gasteiger partial charge in [0.1, 0.15) is 21.7 Å². The van der Waals surface area contributed by atoms with Gasteiger partial charge < -0.3 is 18.9 Å². The van der Waals surface area contributed by atoms with Gasteiger partial charge in [0.25, 0.3) is 0 Å². The summed E-state index contributed by atoms with van der Waals surface area (Å²) >= 11 is -1.22. The summed E-state index contributed by atoms with van der Waals surface area (Å²) in [5.74, 6) is 0.180. The average Bonchev–Trinajstić information content (AvgIpc) is 2.74. The largest absolute Gasteiger partial charge is 0.591 e. The molecule has 3 aliphatic heterocycles. The molecular weight excluding hydrogens is 340 g/mol. The molecule has 0 bridgehead atoms. The Labute approximate surface area is 153 Å². The van der Waals surface area contributed by atoms with Crippen LogP contribution in [-0.4, -0.2) is 57.9 Å². The molecule has 0 aromatic carbocycles. The third-order valence-electron chi connectivity index (χ3n) is 5.59. The van der Waals surface area contributed by atoms with Crippen molar-refractivity contribution in [2.75, 3.05) is 19.7 Å². The van der Waals surface area contributed by atoms with Crippen molar-refractivity contribution in [1.82, 2.24) is 4.90 Å². The summed E-state index contributed by atoms with van der Waals surface area (Å²) in [6.07, 6.45) is 4.19. The Hall–Kier alpha value is -0.790. The van der Waals surface area contributed by atoms with E-state index in [9.17, 15) is 9.35 Å². The summed E-state index contributed by atoms with van der Waals surface area (Å²) in [6.45, 7) is 11.7. The lowest BCUT2D eigenvalue weighted by Gasteiger charge is -2.41. The second kappa shape index (κ2) is 6.43. The van der Waals surface area contributed by atoms with Gasteiger partial charge in [0.15, 0.2) is 0 Å². The van der Waals surface area contributed by atoms with Gasteiger partial charge in [-0.1, -0.05) is 4.40 Å². The molecule has 0 aromatic heterocycles. The van der Waals surface area contributed by atoms with Crippen LogP contribution in [0.5, 0.6) is 0 Å². The van der Waals surface area contributed by atoms with Gasteiger partial charge >= 0.3 is 6.09 Å². The molecule has 6 nitrogen and oxygen atoms in total. The van der Waals surface area contributed by atoms with E-state index in [4.69, 9.17) is 9.47 Å². The van der Waals surface area contributed by atoms with Crippen LogP contribution in [0.25, 0.3) is 0 Å². The molecule has 1 spiro atoms. The first-order chi connectivity index (χ1) is 11.5. The first-order valence-electron chi connectivity index (χ1n) is 9.08. The maximum Gasteiger partial charge on any atom is 0.410 e. The van der Waals surface area contributed by atoms with Gasteiger partial charge in [-0.15, -0.1) is 0 Å². The summed E-state index contributed by atoms with van der Waals surface area (Å²) < 4.78 is 27.9. The van der Waals surface area contributed by atoms with Gasteiger partial charge in [-0.05, 0) is 47.5 Å². The minimum absolute atomic E-state index is 0.00268. The third kappa shape index (κ3) is 3.83. The molecule has 3 atom stereocenters. The van der Waals surface area contributed by atoms with E-state index in [2.05, 4.69) is 4.40 Å². The van der Waals surface area contributed by atoms with Crippen molar-refractivity contribution >= 4 is 23.7 Å². The van der Waals surface area contributed by atoms with Crippen molar-refractivity contribution in [3.63, 3.8) is 0 Å². The number of piperidine rings is 1. The number of ether oxygens (including phenoxy) is 2. The number of fused-ring (bicyclic) bond motifs is 2. The van der Waals surface area contributed by atoms with E-state index in [1.807, 2.05) is 40.8 Å². The molecule has 0 aliphatic carbocycles. The first-order valence-corrected chi connectivity index (χ1v) is 10.2. The predicted molar refractivity (Wildman–Crippen MR) is 98.0 cm³/mol. The number of carbonyl (C=O) groups excluding carboxylic acids is 1. The highest BCUT2D eigenvalue weighted by Gasteiger charge is 2.54. The van der Waals surface area contributed by atoms with Crippen LogP contribution >= 0.6 is 0 Å². The summed E-state index contributed by atoms with van der Waals surface area (Å²) in [4.78, 5) is 14.1. The smallest absolute Gasteiger partial charge is 0.410 e. The summed E-state index contributed by atoms with van der Waals surface area (Å²) in [6, 6.07) is 0. The van der Waals surface area contributed by atoms with E-state index in [-0.39, 0.29) is 28.3 Å². The number of rotatable bonds is 0. The number of likely N-dealkylation sites (tertiary alicyclic amines) is 1. The molecular formula is C18H30N2O4S. The van der Waals surface area contributed by atoms with Gasteiger partial charge in [0, 0.05) is 30.8 Å². The van der Waals surface area contributed by atoms with Crippen molar-refractivity contribution in [2.24, 2.45) is 15.7 Å². The minimum atomic E-state index is -1.22. The van der Waals surface area contributed by atoms with E-state index in [1.54, 1.807) is 4.90 Å². The molecule has 2 fully saturated rings. The highest BCUT2D eigenvalue weighted by atomic mass is 32.2. The zero-order valence-corrected chi connectivity index (χ0v) is 16.7. The van der Waals surface area contributed by atoms with Gasteiger partial charge in [0.05, 0.1) is 18.9 Å². The van der Waals surface area contributed by atoms with Crippen LogP contribution in [0.1, 0.15) is 53.9 Å². The quantitative estimate of drug-likeness (QED) is 0.615. The molecule has 3 rings (SSSR count). The van der Waals surface area contributed by atoms with Crippen molar-refractivity contribution in [1.29, 1.82) is 0 Å². The van der Waals surface area contributed by atoms with Crippen LogP contribution in [0.3, 0.4) is 0 Å². The van der Waals surface area contributed by atoms with E-state index in [0.717, 1.165) is 19.3 Å². The van der Waals surface area contributed by atoms with Gasteiger partial charge in [-0.2, -0.15) is 0 Å². The second-order valence-electron chi connectivity index (χ2n) is 9.17. The molecule has 2 saturated heterocycles. The maximum absolute atomic E-state index is 12.3. The molecule has 3 aliphatic rings. The molecule has 142 valence electrons. The van der Waals surface area contributed by atoms with Crippen molar-refractivity contribution in [2.45, 2.75) is 70.3 Å². The summed E-state index contributed by atoms with van der Waals surface area (Å²) in [7, 11) is 0. The normalized spacial score (nSPS) is 33.8. The molecule has 0 N–H and O–H groups in total. The number of hydrogen-bond donors (Lipinski definition) is 0. The number of carbonyl (C=O) groups is 1. The van der Waals surface area contributed by atoms with Gasteiger partial charge in [-0.3, -0.25) is 0 Å². The van der Waals surface area contributed by atoms with E-state index < -0.39 is 17.0 Å². The molecule has 25 heavy (non-hydrogen) atoms. The van der Waals surface area contributed by atoms with E-state index in [1.165, 1.54) is 0 Å². The topological polar surface area (TPSA) is 74.2 Å². The van der Waals surface area contributed by atoms with Crippen LogP contribution in [0, 0.1) is 11.3 Å². The Kier molecular flexibility index (Phi) is 4.88. The lowest BCUT2D eigenvalue weighted by Crippen LogP contribution is -2.48. The number of amides is 1. The van der Waals surface area contributed by atoms with Crippen LogP contribution in [0.15, 0.2) is 4.40 Å². The van der Waals surface area contributed by atoms with E-state index >= 15 is 0 Å². The van der Waals surface area contributed by atoms with Gasteiger partial charge in [-0.25, -0.2) is 4.79 Å². The van der Waals surface area contributed by atoms with Crippen molar-refractivity contribution < 1.29 is 18.8 Å². The lowest BCUT2D eigenvalue weighted by molar-refractivity contribution is 0.00633. The fourth-order valence-electron chi connectivity index (χ4n) is 4.07. The Morgan fingerprint density at radius 2 is 2.00 bits per heavy atom. The average molecular weight is 371 g/mol. The van der Waals surface area contributed by atoms with Crippen LogP contribution in [0.4, 0.5) is 4.79 Å². The Balaban J connectivity index is 1.67. The Morgan fingerprint density at radius 1 is 1.36 bits per heavy atom. The van der Waals surface area contributed by atoms with Crippen LogP contribution < -0.4 is 0 Å². The fourth-order valence-corrected chi connectivity index (χ4v) is 4.90.